The molecule has 8 heteroatoms. The molecule has 0 radical (unpaired) electrons. The number of halogens is 1. The number of rotatable bonds is 9. The quantitative estimate of drug-likeness (QED) is 0.286. The number of carbonyl (C=O) groups is 1. The largest absolute Gasteiger partial charge is 0.480 e. The van der Waals surface area contributed by atoms with Crippen molar-refractivity contribution in [3.05, 3.63) is 68.7 Å². The maximum atomic E-state index is 11.6. The first-order valence-electron chi connectivity index (χ1n) is 7.82. The number of esters is 1. The topological polar surface area (TPSA) is 87.9 Å². The van der Waals surface area contributed by atoms with Crippen LogP contribution in [-0.4, -0.2) is 30.7 Å². The van der Waals surface area contributed by atoms with Crippen molar-refractivity contribution in [3.63, 3.8) is 0 Å². The van der Waals surface area contributed by atoms with Crippen molar-refractivity contribution in [3.8, 4) is 5.75 Å². The fourth-order valence-corrected chi connectivity index (χ4v) is 2.40. The molecule has 0 aromatic heterocycles. The summed E-state index contributed by atoms with van der Waals surface area (Å²) in [7, 11) is 0. The van der Waals surface area contributed by atoms with Crippen LogP contribution in [0.15, 0.2) is 42.5 Å². The lowest BCUT2D eigenvalue weighted by Gasteiger charge is -2.09. The molecule has 7 nitrogen and oxygen atoms in total. The molecule has 2 rings (SSSR count). The van der Waals surface area contributed by atoms with E-state index in [1.807, 2.05) is 13.0 Å². The molecule has 138 valence electrons. The molecule has 0 aliphatic carbocycles. The summed E-state index contributed by atoms with van der Waals surface area (Å²) in [6.07, 6.45) is 0. The standard InChI is InChI=1S/C18H18ClNO6/c1-13-6-7-17(15(19)10-13)26-12-18(21)25-9-8-24-11-14-4-2-3-5-16(14)20(22)23/h2-7,10H,8-9,11-12H2,1H3. The number of nitro benzene ring substituents is 1. The Bertz CT molecular complexity index is 780. The summed E-state index contributed by atoms with van der Waals surface area (Å²) < 4.78 is 15.6. The van der Waals surface area contributed by atoms with Crippen molar-refractivity contribution in [2.24, 2.45) is 0 Å². The second kappa shape index (κ2) is 9.74. The second-order valence-corrected chi connectivity index (χ2v) is 5.79. The summed E-state index contributed by atoms with van der Waals surface area (Å²) in [5.41, 5.74) is 1.44. The van der Waals surface area contributed by atoms with E-state index in [9.17, 15) is 14.9 Å². The predicted molar refractivity (Wildman–Crippen MR) is 95.4 cm³/mol. The zero-order valence-corrected chi connectivity index (χ0v) is 14.9. The smallest absolute Gasteiger partial charge is 0.344 e. The van der Waals surface area contributed by atoms with Gasteiger partial charge in [-0.1, -0.05) is 29.8 Å². The number of nitro groups is 1. The molecule has 0 fully saturated rings. The fraction of sp³-hybridized carbons (Fsp3) is 0.278. The van der Waals surface area contributed by atoms with Gasteiger partial charge in [0.05, 0.1) is 28.7 Å². The second-order valence-electron chi connectivity index (χ2n) is 5.38. The Kier molecular flexibility index (Phi) is 7.37. The van der Waals surface area contributed by atoms with Crippen LogP contribution in [0.25, 0.3) is 0 Å². The lowest BCUT2D eigenvalue weighted by molar-refractivity contribution is -0.386. The van der Waals surface area contributed by atoms with Gasteiger partial charge in [-0.25, -0.2) is 4.79 Å². The van der Waals surface area contributed by atoms with E-state index in [2.05, 4.69) is 0 Å². The third-order valence-electron chi connectivity index (χ3n) is 3.37. The first kappa shape index (κ1) is 19.7. The van der Waals surface area contributed by atoms with Gasteiger partial charge in [0.1, 0.15) is 12.4 Å². The first-order valence-corrected chi connectivity index (χ1v) is 8.20. The van der Waals surface area contributed by atoms with Crippen LogP contribution in [0.5, 0.6) is 5.75 Å². The molecule has 0 heterocycles. The average Bonchev–Trinajstić information content (AvgIpc) is 2.61. The number of nitrogens with zero attached hydrogens (tertiary/aromatic N) is 1. The van der Waals surface area contributed by atoms with Crippen LogP contribution in [-0.2, 0) is 20.9 Å². The summed E-state index contributed by atoms with van der Waals surface area (Å²) in [5, 5.41) is 11.3. The molecule has 0 aliphatic rings. The van der Waals surface area contributed by atoms with Crippen molar-refractivity contribution in [1.82, 2.24) is 0 Å². The van der Waals surface area contributed by atoms with Gasteiger partial charge in [-0.2, -0.15) is 0 Å². The lowest BCUT2D eigenvalue weighted by Crippen LogP contribution is -2.17. The van der Waals surface area contributed by atoms with Gasteiger partial charge in [0, 0.05) is 6.07 Å². The Morgan fingerprint density at radius 2 is 1.96 bits per heavy atom. The van der Waals surface area contributed by atoms with Crippen LogP contribution < -0.4 is 4.74 Å². The highest BCUT2D eigenvalue weighted by Crippen LogP contribution is 2.25. The van der Waals surface area contributed by atoms with E-state index >= 15 is 0 Å². The minimum absolute atomic E-state index is 0.00660. The number of para-hydroxylation sites is 1. The first-order chi connectivity index (χ1) is 12.5. The van der Waals surface area contributed by atoms with Crippen LogP contribution in [0.3, 0.4) is 0 Å². The van der Waals surface area contributed by atoms with Crippen molar-refractivity contribution < 1.29 is 23.9 Å². The fourth-order valence-electron chi connectivity index (χ4n) is 2.11. The molecule has 2 aromatic carbocycles. The lowest BCUT2D eigenvalue weighted by atomic mass is 10.2. The van der Waals surface area contributed by atoms with E-state index in [4.69, 9.17) is 25.8 Å². The molecule has 0 saturated heterocycles. The van der Waals surface area contributed by atoms with Gasteiger partial charge in [0.15, 0.2) is 6.61 Å². The maximum Gasteiger partial charge on any atom is 0.344 e. The van der Waals surface area contributed by atoms with Crippen molar-refractivity contribution in [2.45, 2.75) is 13.5 Å². The third-order valence-corrected chi connectivity index (χ3v) is 3.66. The molecule has 0 aliphatic heterocycles. The predicted octanol–water partition coefficient (Wildman–Crippen LogP) is 3.70. The van der Waals surface area contributed by atoms with Crippen molar-refractivity contribution in [2.75, 3.05) is 19.8 Å². The van der Waals surface area contributed by atoms with Crippen LogP contribution in [0.2, 0.25) is 5.02 Å². The Labute approximate surface area is 155 Å². The van der Waals surface area contributed by atoms with Gasteiger partial charge < -0.3 is 14.2 Å². The number of ether oxygens (including phenoxy) is 3. The highest BCUT2D eigenvalue weighted by Gasteiger charge is 2.12. The molecule has 0 atom stereocenters. The molecule has 0 bridgehead atoms. The van der Waals surface area contributed by atoms with Gasteiger partial charge in [-0.3, -0.25) is 10.1 Å². The Balaban J connectivity index is 1.67. The number of aryl methyl sites for hydroxylation is 1. The van der Waals surface area contributed by atoms with Crippen molar-refractivity contribution >= 4 is 23.3 Å². The number of hydrogen-bond donors (Lipinski definition) is 0. The maximum absolute atomic E-state index is 11.6. The van der Waals surface area contributed by atoms with Crippen LogP contribution >= 0.6 is 11.6 Å². The minimum Gasteiger partial charge on any atom is -0.480 e. The highest BCUT2D eigenvalue weighted by atomic mass is 35.5. The molecule has 0 saturated carbocycles. The highest BCUT2D eigenvalue weighted by molar-refractivity contribution is 6.32. The Morgan fingerprint density at radius 3 is 2.69 bits per heavy atom. The van der Waals surface area contributed by atoms with Gasteiger partial charge in [-0.05, 0) is 30.7 Å². The third kappa shape index (κ3) is 6.02. The van der Waals surface area contributed by atoms with Crippen LogP contribution in [0.4, 0.5) is 5.69 Å². The summed E-state index contributed by atoms with van der Waals surface area (Å²) in [6.45, 7) is 1.82. The number of carbonyl (C=O) groups excluding carboxylic acids is 1. The van der Waals surface area contributed by atoms with Gasteiger partial charge in [-0.15, -0.1) is 0 Å². The van der Waals surface area contributed by atoms with E-state index in [1.54, 1.807) is 30.3 Å². The molecule has 26 heavy (non-hydrogen) atoms. The van der Waals surface area contributed by atoms with Gasteiger partial charge in [0.25, 0.3) is 5.69 Å². The molecule has 2 aromatic rings. The minimum atomic E-state index is -0.559. The van der Waals surface area contributed by atoms with Crippen LogP contribution in [0.1, 0.15) is 11.1 Å². The molecule has 0 amide bonds. The van der Waals surface area contributed by atoms with Gasteiger partial charge >= 0.3 is 5.97 Å². The van der Waals surface area contributed by atoms with Gasteiger partial charge in [0.2, 0.25) is 0 Å². The zero-order chi connectivity index (χ0) is 18.9. The van der Waals surface area contributed by atoms with Crippen LogP contribution in [0, 0.1) is 17.0 Å². The summed E-state index contributed by atoms with van der Waals surface area (Å²) in [5.74, 6) is -0.155. The monoisotopic (exact) mass is 379 g/mol. The zero-order valence-electron chi connectivity index (χ0n) is 14.1. The molecular weight excluding hydrogens is 362 g/mol. The molecule has 0 N–H and O–H groups in total. The summed E-state index contributed by atoms with van der Waals surface area (Å²) >= 11 is 6.01. The molecule has 0 spiro atoms. The Morgan fingerprint density at radius 1 is 1.19 bits per heavy atom. The van der Waals surface area contributed by atoms with E-state index in [1.165, 1.54) is 6.07 Å². The SMILES string of the molecule is Cc1ccc(OCC(=O)OCCOCc2ccccc2[N+](=O)[O-])c(Cl)c1. The summed E-state index contributed by atoms with van der Waals surface area (Å²) in [4.78, 5) is 22.1. The number of benzene rings is 2. The number of hydrogen-bond acceptors (Lipinski definition) is 6. The van der Waals surface area contributed by atoms with Crippen molar-refractivity contribution in [1.29, 1.82) is 0 Å². The summed E-state index contributed by atoms with van der Waals surface area (Å²) in [6, 6.07) is 11.5. The molecule has 0 unspecified atom stereocenters. The molecular formula is C18H18ClNO6. The van der Waals surface area contributed by atoms with E-state index in [-0.39, 0.29) is 32.1 Å². The van der Waals surface area contributed by atoms with E-state index < -0.39 is 10.9 Å². The van der Waals surface area contributed by atoms with E-state index in [0.29, 0.717) is 16.3 Å². The normalized spacial score (nSPS) is 10.4. The Hall–Kier alpha value is -2.64. The average molecular weight is 380 g/mol. The van der Waals surface area contributed by atoms with E-state index in [0.717, 1.165) is 5.56 Å².